The van der Waals surface area contributed by atoms with Crippen LogP contribution in [-0.2, 0) is 25.8 Å². The molecule has 2 nitrogen and oxygen atoms in total. The average molecular weight is 296 g/mol. The lowest BCUT2D eigenvalue weighted by molar-refractivity contribution is 0.232. The van der Waals surface area contributed by atoms with Crippen molar-refractivity contribution in [3.05, 3.63) is 72.4 Å². The molecule has 118 valence electrons. The molecule has 1 aromatic rings. The van der Waals surface area contributed by atoms with Crippen LogP contribution in [0.15, 0.2) is 50.1 Å². The number of benzene rings is 1. The Morgan fingerprint density at radius 2 is 1.41 bits per heavy atom. The zero-order valence-corrected chi connectivity index (χ0v) is 13.6. The molecular formula is C20H28N2. The van der Waals surface area contributed by atoms with E-state index in [1.807, 2.05) is 18.2 Å². The fourth-order valence-electron chi connectivity index (χ4n) is 3.19. The molecule has 2 rings (SSSR count). The molecule has 0 radical (unpaired) electrons. The van der Waals surface area contributed by atoms with E-state index in [9.17, 15) is 0 Å². The Morgan fingerprint density at radius 3 is 2.00 bits per heavy atom. The maximum absolute atomic E-state index is 3.95. The summed E-state index contributed by atoms with van der Waals surface area (Å²) in [6.07, 6.45) is 8.76. The van der Waals surface area contributed by atoms with E-state index in [-0.39, 0.29) is 0 Å². The molecule has 0 atom stereocenters. The Kier molecular flexibility index (Phi) is 6.63. The van der Waals surface area contributed by atoms with Crippen LogP contribution in [0.4, 0.5) is 0 Å². The molecule has 0 aliphatic carbocycles. The topological polar surface area (TPSA) is 15.3 Å². The van der Waals surface area contributed by atoms with Crippen LogP contribution in [0.1, 0.15) is 22.3 Å². The van der Waals surface area contributed by atoms with Crippen molar-refractivity contribution in [2.45, 2.75) is 25.8 Å². The molecule has 1 aliphatic heterocycles. The van der Waals surface area contributed by atoms with Crippen LogP contribution in [-0.4, -0.2) is 31.1 Å². The first-order valence-corrected chi connectivity index (χ1v) is 8.18. The zero-order chi connectivity index (χ0) is 15.8. The molecule has 0 bridgehead atoms. The lowest BCUT2D eigenvalue weighted by Gasteiger charge is -2.29. The fourth-order valence-corrected chi connectivity index (χ4v) is 3.19. The predicted molar refractivity (Wildman–Crippen MR) is 96.3 cm³/mol. The molecule has 0 saturated carbocycles. The Hall–Kier alpha value is -1.64. The first-order valence-electron chi connectivity index (χ1n) is 8.18. The summed E-state index contributed by atoms with van der Waals surface area (Å²) in [5, 5.41) is 3.42. The third-order valence-electron chi connectivity index (χ3n) is 4.29. The molecule has 0 unspecified atom stereocenters. The highest BCUT2D eigenvalue weighted by Crippen LogP contribution is 2.24. The van der Waals surface area contributed by atoms with Gasteiger partial charge in [-0.1, -0.05) is 30.4 Å². The van der Waals surface area contributed by atoms with E-state index in [0.29, 0.717) is 0 Å². The largest absolute Gasteiger partial charge is 0.314 e. The molecule has 1 saturated heterocycles. The highest BCUT2D eigenvalue weighted by atomic mass is 15.2. The number of hydrogen-bond donors (Lipinski definition) is 1. The lowest BCUT2D eigenvalue weighted by atomic mass is 9.90. The van der Waals surface area contributed by atoms with Crippen molar-refractivity contribution in [2.24, 2.45) is 0 Å². The minimum Gasteiger partial charge on any atom is -0.314 e. The number of hydrogen-bond acceptors (Lipinski definition) is 2. The molecule has 0 aromatic heterocycles. The number of allylic oxidation sites excluding steroid dienone is 3. The molecule has 1 heterocycles. The van der Waals surface area contributed by atoms with Crippen LogP contribution in [0.5, 0.6) is 0 Å². The smallest absolute Gasteiger partial charge is 0.0237 e. The Bertz CT molecular complexity index is 525. The quantitative estimate of drug-likeness (QED) is 0.741. The average Bonchev–Trinajstić information content (AvgIpc) is 2.54. The summed E-state index contributed by atoms with van der Waals surface area (Å²) in [5.41, 5.74) is 5.66. The minimum absolute atomic E-state index is 0.918. The summed E-state index contributed by atoms with van der Waals surface area (Å²) in [5.74, 6) is 0. The van der Waals surface area contributed by atoms with E-state index in [1.165, 1.54) is 22.3 Å². The Labute approximate surface area is 135 Å². The normalized spacial score (nSPS) is 15.5. The molecule has 1 fully saturated rings. The van der Waals surface area contributed by atoms with E-state index < -0.39 is 0 Å². The molecule has 1 aromatic carbocycles. The predicted octanol–water partition coefficient (Wildman–Crippen LogP) is 3.28. The highest BCUT2D eigenvalue weighted by Gasteiger charge is 2.15. The van der Waals surface area contributed by atoms with Gasteiger partial charge in [0.25, 0.3) is 0 Å². The van der Waals surface area contributed by atoms with Crippen molar-refractivity contribution in [1.82, 2.24) is 10.2 Å². The molecule has 1 N–H and O–H groups in total. The van der Waals surface area contributed by atoms with Gasteiger partial charge in [-0.2, -0.15) is 0 Å². The second-order valence-electron chi connectivity index (χ2n) is 5.85. The maximum Gasteiger partial charge on any atom is 0.0237 e. The molecular weight excluding hydrogens is 268 g/mol. The molecule has 0 spiro atoms. The van der Waals surface area contributed by atoms with E-state index in [0.717, 1.165) is 52.0 Å². The van der Waals surface area contributed by atoms with Gasteiger partial charge in [0, 0.05) is 32.7 Å². The number of piperazine rings is 1. The summed E-state index contributed by atoms with van der Waals surface area (Å²) in [7, 11) is 0. The number of rotatable bonds is 8. The van der Waals surface area contributed by atoms with Crippen LogP contribution in [0.3, 0.4) is 0 Å². The summed E-state index contributed by atoms with van der Waals surface area (Å²) in [6.45, 7) is 17.2. The van der Waals surface area contributed by atoms with Gasteiger partial charge >= 0.3 is 0 Å². The standard InChI is InChI=1S/C20H28N2/c1-4-7-17-10-11-18(16-22-14-12-21-13-15-22)20(9-6-3)19(17)8-5-2/h4-6,10-11,21H,1-3,7-9,12-16H2. The van der Waals surface area contributed by atoms with Gasteiger partial charge < -0.3 is 5.32 Å². The van der Waals surface area contributed by atoms with Crippen molar-refractivity contribution in [3.63, 3.8) is 0 Å². The van der Waals surface area contributed by atoms with Crippen molar-refractivity contribution < 1.29 is 0 Å². The molecule has 2 heteroatoms. The van der Waals surface area contributed by atoms with E-state index in [1.54, 1.807) is 0 Å². The van der Waals surface area contributed by atoms with Crippen molar-refractivity contribution in [1.29, 1.82) is 0 Å². The monoisotopic (exact) mass is 296 g/mol. The molecule has 1 aliphatic rings. The maximum atomic E-state index is 3.95. The first kappa shape index (κ1) is 16.7. The Balaban J connectivity index is 2.33. The van der Waals surface area contributed by atoms with Gasteiger partial charge in [-0.15, -0.1) is 19.7 Å². The summed E-state index contributed by atoms with van der Waals surface area (Å²) >= 11 is 0. The van der Waals surface area contributed by atoms with Crippen LogP contribution in [0.25, 0.3) is 0 Å². The third kappa shape index (κ3) is 4.19. The second kappa shape index (κ2) is 8.72. The van der Waals surface area contributed by atoms with Gasteiger partial charge in [0.2, 0.25) is 0 Å². The van der Waals surface area contributed by atoms with Crippen LogP contribution in [0, 0.1) is 0 Å². The SMILES string of the molecule is C=CCc1ccc(CN2CCNCC2)c(CC=C)c1CC=C. The van der Waals surface area contributed by atoms with Crippen LogP contribution >= 0.6 is 0 Å². The van der Waals surface area contributed by atoms with Gasteiger partial charge in [0.05, 0.1) is 0 Å². The number of nitrogens with zero attached hydrogens (tertiary/aromatic N) is 1. The fraction of sp³-hybridized carbons (Fsp3) is 0.400. The zero-order valence-electron chi connectivity index (χ0n) is 13.6. The van der Waals surface area contributed by atoms with Crippen molar-refractivity contribution in [3.8, 4) is 0 Å². The Morgan fingerprint density at radius 1 is 0.864 bits per heavy atom. The molecule has 0 amide bonds. The van der Waals surface area contributed by atoms with E-state index in [4.69, 9.17) is 0 Å². The lowest BCUT2D eigenvalue weighted by Crippen LogP contribution is -2.43. The highest BCUT2D eigenvalue weighted by molar-refractivity contribution is 5.44. The van der Waals surface area contributed by atoms with Crippen LogP contribution < -0.4 is 5.32 Å². The van der Waals surface area contributed by atoms with Gasteiger partial charge in [0.15, 0.2) is 0 Å². The minimum atomic E-state index is 0.918. The summed E-state index contributed by atoms with van der Waals surface area (Å²) in [6, 6.07) is 4.57. The summed E-state index contributed by atoms with van der Waals surface area (Å²) < 4.78 is 0. The van der Waals surface area contributed by atoms with Gasteiger partial charge in [0.1, 0.15) is 0 Å². The first-order chi connectivity index (χ1) is 10.8. The second-order valence-corrected chi connectivity index (χ2v) is 5.85. The summed E-state index contributed by atoms with van der Waals surface area (Å²) in [4.78, 5) is 2.53. The van der Waals surface area contributed by atoms with Crippen molar-refractivity contribution in [2.75, 3.05) is 26.2 Å². The van der Waals surface area contributed by atoms with E-state index >= 15 is 0 Å². The molecule has 22 heavy (non-hydrogen) atoms. The van der Waals surface area contributed by atoms with Crippen molar-refractivity contribution >= 4 is 0 Å². The van der Waals surface area contributed by atoms with Gasteiger partial charge in [-0.05, 0) is 41.5 Å². The van der Waals surface area contributed by atoms with Gasteiger partial charge in [-0.25, -0.2) is 0 Å². The third-order valence-corrected chi connectivity index (χ3v) is 4.29. The van der Waals surface area contributed by atoms with E-state index in [2.05, 4.69) is 42.1 Å². The van der Waals surface area contributed by atoms with Crippen LogP contribution in [0.2, 0.25) is 0 Å². The van der Waals surface area contributed by atoms with Gasteiger partial charge in [-0.3, -0.25) is 4.90 Å². The number of nitrogens with one attached hydrogen (secondary N) is 1.